The Morgan fingerprint density at radius 1 is 1.25 bits per heavy atom. The molecule has 1 aliphatic heterocycles. The summed E-state index contributed by atoms with van der Waals surface area (Å²) >= 11 is 0. The minimum Gasteiger partial charge on any atom is -0.481 e. The minimum atomic E-state index is -0.854. The van der Waals surface area contributed by atoms with Gasteiger partial charge in [-0.15, -0.1) is 0 Å². The number of rotatable bonds is 5. The molecule has 1 aromatic carbocycles. The molecule has 2 N–H and O–H groups in total. The lowest BCUT2D eigenvalue weighted by Gasteiger charge is -2.22. The Morgan fingerprint density at radius 2 is 1.92 bits per heavy atom. The van der Waals surface area contributed by atoms with E-state index in [4.69, 9.17) is 0 Å². The van der Waals surface area contributed by atoms with E-state index in [1.807, 2.05) is 0 Å². The van der Waals surface area contributed by atoms with Crippen LogP contribution in [0.2, 0.25) is 0 Å². The highest BCUT2D eigenvalue weighted by molar-refractivity contribution is 5.79. The number of urea groups is 1. The van der Waals surface area contributed by atoms with Crippen LogP contribution in [0.4, 0.5) is 9.18 Å². The van der Waals surface area contributed by atoms with Gasteiger partial charge in [0.2, 0.25) is 0 Å². The number of benzene rings is 1. The van der Waals surface area contributed by atoms with E-state index in [1.54, 1.807) is 24.0 Å². The number of nitrogens with one attached hydrogen (secondary N) is 1. The number of amides is 2. The van der Waals surface area contributed by atoms with Gasteiger partial charge >= 0.3 is 12.0 Å². The fourth-order valence-electron chi connectivity index (χ4n) is 3.31. The molecule has 0 bridgehead atoms. The van der Waals surface area contributed by atoms with Crippen molar-refractivity contribution in [2.75, 3.05) is 19.6 Å². The third kappa shape index (κ3) is 3.52. The van der Waals surface area contributed by atoms with Crippen molar-refractivity contribution in [1.29, 1.82) is 0 Å². The molecule has 2 amide bonds. The second-order valence-corrected chi connectivity index (χ2v) is 7.50. The molecule has 1 atom stereocenters. The number of hydrogen-bond donors (Lipinski definition) is 2. The Bertz CT molecular complexity index is 642. The van der Waals surface area contributed by atoms with Crippen LogP contribution in [0.25, 0.3) is 0 Å². The molecule has 24 heavy (non-hydrogen) atoms. The highest BCUT2D eigenvalue weighted by Gasteiger charge is 2.45. The molecule has 1 unspecified atom stereocenters. The monoisotopic (exact) mass is 334 g/mol. The van der Waals surface area contributed by atoms with E-state index in [0.717, 1.165) is 24.8 Å². The molecule has 6 heteroatoms. The fraction of sp³-hybridized carbons (Fsp3) is 0.556. The zero-order valence-electron chi connectivity index (χ0n) is 13.8. The Morgan fingerprint density at radius 3 is 2.46 bits per heavy atom. The van der Waals surface area contributed by atoms with Gasteiger partial charge < -0.3 is 15.3 Å². The lowest BCUT2D eigenvalue weighted by Crippen LogP contribution is -2.43. The van der Waals surface area contributed by atoms with Crippen LogP contribution in [0.3, 0.4) is 0 Å². The average molecular weight is 334 g/mol. The van der Waals surface area contributed by atoms with Gasteiger partial charge in [0.05, 0.1) is 5.41 Å². The van der Waals surface area contributed by atoms with Crippen molar-refractivity contribution in [3.63, 3.8) is 0 Å². The molecule has 0 spiro atoms. The van der Waals surface area contributed by atoms with Crippen LogP contribution in [0.15, 0.2) is 24.3 Å². The summed E-state index contributed by atoms with van der Waals surface area (Å²) in [7, 11) is 0. The average Bonchev–Trinajstić information content (AvgIpc) is 3.19. The summed E-state index contributed by atoms with van der Waals surface area (Å²) in [6, 6.07) is 6.30. The number of carbonyl (C=O) groups is 2. The van der Waals surface area contributed by atoms with Crippen molar-refractivity contribution in [2.45, 2.75) is 32.6 Å². The number of carbonyl (C=O) groups excluding carboxylic acids is 1. The number of nitrogens with zero attached hydrogens (tertiary/aromatic N) is 1. The maximum Gasteiger partial charge on any atom is 0.317 e. The van der Waals surface area contributed by atoms with Crippen molar-refractivity contribution in [3.8, 4) is 0 Å². The molecule has 3 rings (SSSR count). The highest BCUT2D eigenvalue weighted by atomic mass is 19.1. The number of carboxylic acid groups (broad SMARTS) is 1. The predicted octanol–water partition coefficient (Wildman–Crippen LogP) is 2.65. The molecule has 1 aromatic rings. The molecule has 1 saturated carbocycles. The first-order valence-electron chi connectivity index (χ1n) is 8.33. The number of likely N-dealkylation sites (tertiary alicyclic amines) is 1. The molecule has 0 radical (unpaired) electrons. The van der Waals surface area contributed by atoms with Crippen LogP contribution >= 0.6 is 0 Å². The van der Waals surface area contributed by atoms with E-state index in [1.165, 1.54) is 12.1 Å². The summed E-state index contributed by atoms with van der Waals surface area (Å²) in [4.78, 5) is 25.1. The van der Waals surface area contributed by atoms with Crippen molar-refractivity contribution < 1.29 is 19.1 Å². The maximum atomic E-state index is 13.0. The molecule has 1 saturated heterocycles. The number of hydrogen-bond acceptors (Lipinski definition) is 2. The topological polar surface area (TPSA) is 69.6 Å². The van der Waals surface area contributed by atoms with E-state index in [0.29, 0.717) is 19.5 Å². The highest BCUT2D eigenvalue weighted by Crippen LogP contribution is 2.47. The number of carboxylic acids is 1. The third-order valence-electron chi connectivity index (χ3n) is 5.34. The summed E-state index contributed by atoms with van der Waals surface area (Å²) in [6.07, 6.45) is 3.38. The molecule has 5 nitrogen and oxygen atoms in total. The first kappa shape index (κ1) is 16.7. The van der Waals surface area contributed by atoms with Crippen molar-refractivity contribution in [1.82, 2.24) is 10.2 Å². The van der Waals surface area contributed by atoms with Crippen LogP contribution in [-0.4, -0.2) is 41.6 Å². The number of aliphatic carboxylic acids is 1. The van der Waals surface area contributed by atoms with Crippen LogP contribution in [0, 0.1) is 16.6 Å². The molecular weight excluding hydrogens is 311 g/mol. The first-order chi connectivity index (χ1) is 11.3. The van der Waals surface area contributed by atoms with Gasteiger partial charge in [0.15, 0.2) is 0 Å². The largest absolute Gasteiger partial charge is 0.481 e. The molecule has 1 heterocycles. The Labute approximate surface area is 140 Å². The smallest absolute Gasteiger partial charge is 0.317 e. The van der Waals surface area contributed by atoms with Crippen LogP contribution in [0.1, 0.15) is 31.7 Å². The molecule has 130 valence electrons. The zero-order valence-corrected chi connectivity index (χ0v) is 13.8. The summed E-state index contributed by atoms with van der Waals surface area (Å²) < 4.78 is 13.0. The van der Waals surface area contributed by atoms with Gasteiger partial charge in [0.25, 0.3) is 0 Å². The summed E-state index contributed by atoms with van der Waals surface area (Å²) in [5.74, 6) is -1.10. The Balaban J connectivity index is 1.51. The Kier molecular flexibility index (Phi) is 4.24. The van der Waals surface area contributed by atoms with Gasteiger partial charge in [-0.1, -0.05) is 12.1 Å². The normalized spacial score (nSPS) is 24.7. The lowest BCUT2D eigenvalue weighted by atomic mass is 9.90. The van der Waals surface area contributed by atoms with E-state index in [2.05, 4.69) is 5.32 Å². The second kappa shape index (κ2) is 6.07. The quantitative estimate of drug-likeness (QED) is 0.870. The molecule has 2 aliphatic rings. The maximum absolute atomic E-state index is 13.0. The van der Waals surface area contributed by atoms with Crippen molar-refractivity contribution >= 4 is 12.0 Å². The van der Waals surface area contributed by atoms with Gasteiger partial charge in [-0.2, -0.15) is 0 Å². The fourth-order valence-corrected chi connectivity index (χ4v) is 3.31. The first-order valence-corrected chi connectivity index (χ1v) is 8.33. The molecule has 0 aromatic heterocycles. The van der Waals surface area contributed by atoms with Gasteiger partial charge in [-0.25, -0.2) is 9.18 Å². The van der Waals surface area contributed by atoms with Crippen LogP contribution in [-0.2, 0) is 11.2 Å². The minimum absolute atomic E-state index is 0.0588. The lowest BCUT2D eigenvalue weighted by molar-refractivity contribution is -0.147. The van der Waals surface area contributed by atoms with Gasteiger partial charge in [0, 0.05) is 19.6 Å². The van der Waals surface area contributed by atoms with Crippen LogP contribution < -0.4 is 5.32 Å². The summed E-state index contributed by atoms with van der Waals surface area (Å²) in [5.41, 5.74) is 0.286. The third-order valence-corrected chi connectivity index (χ3v) is 5.34. The van der Waals surface area contributed by atoms with E-state index < -0.39 is 11.4 Å². The summed E-state index contributed by atoms with van der Waals surface area (Å²) in [5, 5.41) is 12.2. The van der Waals surface area contributed by atoms with E-state index >= 15 is 0 Å². The SMILES string of the molecule is CC1(C(=O)O)CCN(C(=O)NCC2(Cc3ccc(F)cc3)CC2)C1. The van der Waals surface area contributed by atoms with Crippen molar-refractivity contribution in [2.24, 2.45) is 10.8 Å². The molecule has 1 aliphatic carbocycles. The van der Waals surface area contributed by atoms with Gasteiger partial charge in [-0.05, 0) is 55.7 Å². The van der Waals surface area contributed by atoms with E-state index in [-0.39, 0.29) is 23.8 Å². The molecule has 2 fully saturated rings. The van der Waals surface area contributed by atoms with E-state index in [9.17, 15) is 19.1 Å². The van der Waals surface area contributed by atoms with Crippen LogP contribution in [0.5, 0.6) is 0 Å². The number of halogens is 1. The zero-order chi connectivity index (χ0) is 17.4. The standard InChI is InChI=1S/C18H23FN2O3/c1-17(15(22)23)8-9-21(12-17)16(24)20-11-18(6-7-18)10-13-2-4-14(19)5-3-13/h2-5H,6-12H2,1H3,(H,20,24)(H,22,23). The van der Waals surface area contributed by atoms with Crippen molar-refractivity contribution in [3.05, 3.63) is 35.6 Å². The second-order valence-electron chi connectivity index (χ2n) is 7.50. The predicted molar refractivity (Wildman–Crippen MR) is 87.1 cm³/mol. The Hall–Kier alpha value is -2.11. The molecular formula is C18H23FN2O3. The van der Waals surface area contributed by atoms with Gasteiger partial charge in [-0.3, -0.25) is 4.79 Å². The summed E-state index contributed by atoms with van der Waals surface area (Å²) in [6.45, 7) is 2.97. The van der Waals surface area contributed by atoms with Gasteiger partial charge in [0.1, 0.15) is 5.82 Å².